The zero-order chi connectivity index (χ0) is 15.3. The van der Waals surface area contributed by atoms with E-state index in [4.69, 9.17) is 9.84 Å². The molecular formula is C17H22N3O2+. The Kier molecular flexibility index (Phi) is 3.18. The van der Waals surface area contributed by atoms with Crippen LogP contribution in [0.5, 0.6) is 5.75 Å². The van der Waals surface area contributed by atoms with Gasteiger partial charge in [-0.25, -0.2) is 5.01 Å². The Labute approximate surface area is 130 Å². The van der Waals surface area contributed by atoms with Crippen LogP contribution >= 0.6 is 0 Å². The third-order valence-electron chi connectivity index (χ3n) is 5.39. The number of carbonyl (C=O) groups is 1. The highest BCUT2D eigenvalue weighted by Crippen LogP contribution is 2.36. The summed E-state index contributed by atoms with van der Waals surface area (Å²) in [5, 5.41) is 6.45. The van der Waals surface area contributed by atoms with E-state index >= 15 is 0 Å². The predicted molar refractivity (Wildman–Crippen MR) is 82.9 cm³/mol. The molecule has 0 saturated carbocycles. The molecule has 116 valence electrons. The van der Waals surface area contributed by atoms with E-state index in [1.165, 1.54) is 31.6 Å². The topological polar surface area (TPSA) is 46.3 Å². The summed E-state index contributed by atoms with van der Waals surface area (Å²) in [6.07, 6.45) is 2.43. The van der Waals surface area contributed by atoms with Crippen LogP contribution < -0.4 is 9.64 Å². The molecule has 4 aliphatic heterocycles. The minimum absolute atomic E-state index is 0.0303. The summed E-state index contributed by atoms with van der Waals surface area (Å²) in [6, 6.07) is 8.46. The molecule has 1 N–H and O–H groups in total. The van der Waals surface area contributed by atoms with E-state index in [2.05, 4.69) is 12.1 Å². The van der Waals surface area contributed by atoms with Crippen LogP contribution in [0.25, 0.3) is 0 Å². The highest BCUT2D eigenvalue weighted by atomic mass is 16.5. The Hall–Kier alpha value is -1.88. The van der Waals surface area contributed by atoms with E-state index in [1.54, 1.807) is 23.9 Å². The fraction of sp³-hybridized carbons (Fsp3) is 0.529. The van der Waals surface area contributed by atoms with Crippen LogP contribution in [0.1, 0.15) is 31.4 Å². The molecule has 2 bridgehead atoms. The monoisotopic (exact) mass is 300 g/mol. The standard InChI is InChI=1S/C17H21N3O2/c1-11(21)20-16(13-3-5-14(22-2)6-4-13)17-15(18-20)12-7-9-19(17)10-8-12/h3-6,12,16-17H,7-10H2,1-2H3/p+1/t16-,17-/m0/s1. The Balaban J connectivity index is 1.74. The van der Waals surface area contributed by atoms with Gasteiger partial charge in [0.25, 0.3) is 0 Å². The number of hydrazone groups is 1. The number of methoxy groups -OCH3 is 1. The number of rotatable bonds is 2. The minimum Gasteiger partial charge on any atom is -0.497 e. The Bertz CT molecular complexity index is 617. The van der Waals surface area contributed by atoms with Crippen molar-refractivity contribution in [1.29, 1.82) is 0 Å². The van der Waals surface area contributed by atoms with Crippen molar-refractivity contribution in [2.75, 3.05) is 20.2 Å². The first-order valence-electron chi connectivity index (χ1n) is 8.05. The van der Waals surface area contributed by atoms with Crippen LogP contribution in [-0.4, -0.2) is 42.9 Å². The zero-order valence-electron chi connectivity index (χ0n) is 13.1. The highest BCUT2D eigenvalue weighted by Gasteiger charge is 2.53. The molecule has 1 aromatic carbocycles. The Morgan fingerprint density at radius 2 is 1.95 bits per heavy atom. The first-order valence-corrected chi connectivity index (χ1v) is 8.05. The van der Waals surface area contributed by atoms with Crippen molar-refractivity contribution in [3.05, 3.63) is 29.8 Å². The number of ether oxygens (including phenoxy) is 1. The van der Waals surface area contributed by atoms with Gasteiger partial charge >= 0.3 is 0 Å². The number of nitrogens with one attached hydrogen (secondary N) is 1. The van der Waals surface area contributed by atoms with Crippen molar-refractivity contribution >= 4 is 11.6 Å². The minimum atomic E-state index is 0.0303. The normalized spacial score (nSPS) is 32.6. The van der Waals surface area contributed by atoms with Gasteiger partial charge in [-0.05, 0) is 17.7 Å². The molecule has 2 atom stereocenters. The molecule has 4 heterocycles. The van der Waals surface area contributed by atoms with E-state index in [1.807, 2.05) is 12.1 Å². The van der Waals surface area contributed by atoms with E-state index in [-0.39, 0.29) is 11.9 Å². The zero-order valence-corrected chi connectivity index (χ0v) is 13.1. The number of quaternary nitrogens is 1. The molecule has 3 fully saturated rings. The molecule has 0 unspecified atom stereocenters. The molecule has 4 aliphatic rings. The van der Waals surface area contributed by atoms with Gasteiger partial charge in [-0.2, -0.15) is 5.10 Å². The number of carbonyl (C=O) groups excluding carboxylic acids is 1. The maximum Gasteiger partial charge on any atom is 0.240 e. The summed E-state index contributed by atoms with van der Waals surface area (Å²) in [6.45, 7) is 4.02. The van der Waals surface area contributed by atoms with Crippen LogP contribution in [-0.2, 0) is 4.79 Å². The van der Waals surface area contributed by atoms with E-state index in [0.29, 0.717) is 12.0 Å². The fourth-order valence-electron chi connectivity index (χ4n) is 4.32. The van der Waals surface area contributed by atoms with Gasteiger partial charge in [0.15, 0.2) is 6.04 Å². The molecule has 0 aromatic heterocycles. The largest absolute Gasteiger partial charge is 0.497 e. The maximum absolute atomic E-state index is 12.1. The second kappa shape index (κ2) is 5.09. The van der Waals surface area contributed by atoms with Gasteiger partial charge in [0, 0.05) is 25.7 Å². The molecule has 5 heteroatoms. The first kappa shape index (κ1) is 13.8. The summed E-state index contributed by atoms with van der Waals surface area (Å²) in [5.74, 6) is 1.45. The number of benzene rings is 1. The third kappa shape index (κ3) is 1.96. The van der Waals surface area contributed by atoms with Crippen LogP contribution in [0.2, 0.25) is 0 Å². The van der Waals surface area contributed by atoms with E-state index in [0.717, 1.165) is 11.3 Å². The highest BCUT2D eigenvalue weighted by molar-refractivity contribution is 5.95. The van der Waals surface area contributed by atoms with Crippen LogP contribution in [0.15, 0.2) is 29.4 Å². The van der Waals surface area contributed by atoms with Gasteiger partial charge in [0.05, 0.1) is 20.2 Å². The number of nitrogens with zero attached hydrogens (tertiary/aromatic N) is 2. The van der Waals surface area contributed by atoms with Gasteiger partial charge in [-0.1, -0.05) is 12.1 Å². The van der Waals surface area contributed by atoms with Crippen LogP contribution in [0.4, 0.5) is 0 Å². The number of hydrogen-bond donors (Lipinski definition) is 1. The molecular weight excluding hydrogens is 278 g/mol. The quantitative estimate of drug-likeness (QED) is 0.871. The average Bonchev–Trinajstić information content (AvgIpc) is 2.99. The summed E-state index contributed by atoms with van der Waals surface area (Å²) in [7, 11) is 1.67. The Morgan fingerprint density at radius 1 is 1.27 bits per heavy atom. The molecule has 1 amide bonds. The van der Waals surface area contributed by atoms with Crippen molar-refractivity contribution in [1.82, 2.24) is 5.01 Å². The summed E-state index contributed by atoms with van der Waals surface area (Å²) < 4.78 is 5.25. The molecule has 0 radical (unpaired) electrons. The van der Waals surface area contributed by atoms with Crippen molar-refractivity contribution in [3.8, 4) is 5.75 Å². The number of piperidine rings is 3. The van der Waals surface area contributed by atoms with Gasteiger partial charge in [-0.15, -0.1) is 0 Å². The van der Waals surface area contributed by atoms with Crippen molar-refractivity contribution in [3.63, 3.8) is 0 Å². The van der Waals surface area contributed by atoms with Gasteiger partial charge in [-0.3, -0.25) is 4.79 Å². The van der Waals surface area contributed by atoms with Crippen molar-refractivity contribution in [2.24, 2.45) is 11.0 Å². The predicted octanol–water partition coefficient (Wildman–Crippen LogP) is 0.631. The lowest BCUT2D eigenvalue weighted by Crippen LogP contribution is -3.20. The lowest BCUT2D eigenvalue weighted by Gasteiger charge is -2.42. The lowest BCUT2D eigenvalue weighted by molar-refractivity contribution is -0.927. The summed E-state index contributed by atoms with van der Waals surface area (Å²) in [5.41, 5.74) is 2.41. The number of amides is 1. The fourth-order valence-corrected chi connectivity index (χ4v) is 4.32. The van der Waals surface area contributed by atoms with Gasteiger partial charge < -0.3 is 9.64 Å². The smallest absolute Gasteiger partial charge is 0.240 e. The Morgan fingerprint density at radius 3 is 2.55 bits per heavy atom. The molecule has 5 rings (SSSR count). The second-order valence-corrected chi connectivity index (χ2v) is 6.52. The lowest BCUT2D eigenvalue weighted by atomic mass is 9.78. The SMILES string of the molecule is COc1ccc([C@H]2[C@@H]3C(=NN2C(C)=O)C2CC[NH+]3CC2)cc1. The first-order chi connectivity index (χ1) is 10.7. The molecule has 22 heavy (non-hydrogen) atoms. The summed E-state index contributed by atoms with van der Waals surface area (Å²) in [4.78, 5) is 13.7. The van der Waals surface area contributed by atoms with E-state index in [9.17, 15) is 4.79 Å². The molecule has 0 spiro atoms. The second-order valence-electron chi connectivity index (χ2n) is 6.52. The summed E-state index contributed by atoms with van der Waals surface area (Å²) >= 11 is 0. The van der Waals surface area contributed by atoms with Gasteiger partial charge in [0.1, 0.15) is 17.5 Å². The number of hydrogen-bond acceptors (Lipinski definition) is 3. The van der Waals surface area contributed by atoms with Crippen LogP contribution in [0, 0.1) is 5.92 Å². The number of fused-ring (bicyclic) bond motifs is 2. The van der Waals surface area contributed by atoms with Crippen molar-refractivity contribution < 1.29 is 14.4 Å². The maximum atomic E-state index is 12.1. The van der Waals surface area contributed by atoms with Crippen LogP contribution in [0.3, 0.4) is 0 Å². The van der Waals surface area contributed by atoms with Crippen molar-refractivity contribution in [2.45, 2.75) is 31.8 Å². The molecule has 1 aromatic rings. The van der Waals surface area contributed by atoms with Gasteiger partial charge in [0.2, 0.25) is 5.91 Å². The molecule has 5 nitrogen and oxygen atoms in total. The van der Waals surface area contributed by atoms with E-state index < -0.39 is 0 Å². The molecule has 3 saturated heterocycles. The molecule has 0 aliphatic carbocycles. The third-order valence-corrected chi connectivity index (χ3v) is 5.39. The average molecular weight is 300 g/mol.